The van der Waals surface area contributed by atoms with E-state index in [1.807, 2.05) is 0 Å². The molecular weight excluding hydrogens is 368 g/mol. The highest BCUT2D eigenvalue weighted by Crippen LogP contribution is 2.28. The Morgan fingerprint density at radius 3 is 2.63 bits per heavy atom. The van der Waals surface area contributed by atoms with Crippen LogP contribution in [0.15, 0.2) is 18.2 Å². The molecule has 1 unspecified atom stereocenters. The lowest BCUT2D eigenvalue weighted by Crippen LogP contribution is -2.51. The van der Waals surface area contributed by atoms with Crippen molar-refractivity contribution in [1.82, 2.24) is 10.0 Å². The Kier molecular flexibility index (Phi) is 7.91. The van der Waals surface area contributed by atoms with E-state index in [9.17, 15) is 18.3 Å². The molecule has 1 saturated carbocycles. The van der Waals surface area contributed by atoms with Gasteiger partial charge in [-0.05, 0) is 49.8 Å². The number of ether oxygens (including phenoxy) is 1. The fourth-order valence-electron chi connectivity index (χ4n) is 3.43. The predicted octanol–water partition coefficient (Wildman–Crippen LogP) is 1.95. The fraction of sp³-hybridized carbons (Fsp3) is 0.632. The first-order chi connectivity index (χ1) is 12.9. The Morgan fingerprint density at radius 1 is 1.30 bits per heavy atom. The smallest absolute Gasteiger partial charge is 0.238 e. The number of amides is 1. The monoisotopic (exact) mass is 398 g/mol. The second kappa shape index (κ2) is 9.94. The molecule has 1 amide bonds. The van der Waals surface area contributed by atoms with Crippen LogP contribution >= 0.6 is 0 Å². The Morgan fingerprint density at radius 2 is 2.00 bits per heavy atom. The van der Waals surface area contributed by atoms with E-state index in [-0.39, 0.29) is 23.3 Å². The highest BCUT2D eigenvalue weighted by atomic mass is 32.2. The molecule has 0 bridgehead atoms. The molecule has 8 heteroatoms. The number of methoxy groups -OCH3 is 1. The maximum atomic E-state index is 12.7. The van der Waals surface area contributed by atoms with Crippen LogP contribution in [-0.4, -0.2) is 44.9 Å². The molecule has 0 saturated heterocycles. The van der Waals surface area contributed by atoms with Crippen LogP contribution < -0.4 is 14.8 Å². The minimum atomic E-state index is -3.46. The zero-order valence-electron chi connectivity index (χ0n) is 16.0. The summed E-state index contributed by atoms with van der Waals surface area (Å²) in [6.07, 6.45) is 5.46. The minimum absolute atomic E-state index is 0.0360. The number of sulfonamides is 1. The standard InChI is InChI=1S/C19H30N2O5S/c1-3-27(24,25)21-18(15-7-5-4-6-8-15)19(23)20-12-11-14-9-10-16(22)17(13-14)26-2/h9-10,13,15,18,21-22H,3-8,11-12H2,1-2H3,(H,20,23). The third kappa shape index (κ3) is 6.39. The van der Waals surface area contributed by atoms with Crippen molar-refractivity contribution in [3.05, 3.63) is 23.8 Å². The molecule has 1 fully saturated rings. The zero-order valence-corrected chi connectivity index (χ0v) is 16.8. The third-order valence-corrected chi connectivity index (χ3v) is 6.42. The third-order valence-electron chi connectivity index (χ3n) is 5.05. The number of phenolic OH excluding ortho intramolecular Hbond substituents is 1. The maximum Gasteiger partial charge on any atom is 0.238 e. The predicted molar refractivity (Wildman–Crippen MR) is 104 cm³/mol. The molecule has 1 aromatic carbocycles. The molecule has 3 N–H and O–H groups in total. The summed E-state index contributed by atoms with van der Waals surface area (Å²) in [7, 11) is -1.98. The lowest BCUT2D eigenvalue weighted by Gasteiger charge is -2.29. The van der Waals surface area contributed by atoms with Gasteiger partial charge in [0.1, 0.15) is 6.04 Å². The molecule has 0 heterocycles. The molecule has 1 aromatic rings. The average Bonchev–Trinajstić information content (AvgIpc) is 2.68. The molecule has 0 radical (unpaired) electrons. The topological polar surface area (TPSA) is 105 Å². The van der Waals surface area contributed by atoms with Crippen molar-refractivity contribution in [2.24, 2.45) is 5.92 Å². The van der Waals surface area contributed by atoms with Gasteiger partial charge in [0.25, 0.3) is 0 Å². The Hall–Kier alpha value is -1.80. The molecule has 27 heavy (non-hydrogen) atoms. The van der Waals surface area contributed by atoms with E-state index in [4.69, 9.17) is 4.74 Å². The number of benzene rings is 1. The number of phenols is 1. The summed E-state index contributed by atoms with van der Waals surface area (Å²) in [5, 5.41) is 12.5. The normalized spacial score (nSPS) is 16.7. The summed E-state index contributed by atoms with van der Waals surface area (Å²) >= 11 is 0. The molecule has 0 spiro atoms. The van der Waals surface area contributed by atoms with E-state index < -0.39 is 16.1 Å². The number of carbonyl (C=O) groups is 1. The van der Waals surface area contributed by atoms with Gasteiger partial charge in [0, 0.05) is 6.54 Å². The number of nitrogens with one attached hydrogen (secondary N) is 2. The number of carbonyl (C=O) groups excluding carboxylic acids is 1. The summed E-state index contributed by atoms with van der Waals surface area (Å²) in [6, 6.07) is 4.32. The molecule has 2 rings (SSSR count). The quantitative estimate of drug-likeness (QED) is 0.590. The van der Waals surface area contributed by atoms with E-state index in [1.54, 1.807) is 25.1 Å². The van der Waals surface area contributed by atoms with Gasteiger partial charge in [-0.1, -0.05) is 25.3 Å². The molecule has 0 aliphatic heterocycles. The van der Waals surface area contributed by atoms with Crippen LogP contribution in [0, 0.1) is 5.92 Å². The van der Waals surface area contributed by atoms with Gasteiger partial charge in [-0.2, -0.15) is 0 Å². The minimum Gasteiger partial charge on any atom is -0.504 e. The van der Waals surface area contributed by atoms with E-state index in [0.717, 1.165) is 37.7 Å². The second-order valence-electron chi connectivity index (χ2n) is 6.94. The van der Waals surface area contributed by atoms with Crippen molar-refractivity contribution in [3.63, 3.8) is 0 Å². The largest absolute Gasteiger partial charge is 0.504 e. The van der Waals surface area contributed by atoms with Crippen molar-refractivity contribution >= 4 is 15.9 Å². The van der Waals surface area contributed by atoms with Crippen LogP contribution in [0.5, 0.6) is 11.5 Å². The molecule has 152 valence electrons. The SMILES string of the molecule is CCS(=O)(=O)NC(C(=O)NCCc1ccc(O)c(OC)c1)C1CCCCC1. The first-order valence-electron chi connectivity index (χ1n) is 9.50. The Bertz CT molecular complexity index is 730. The van der Waals surface area contributed by atoms with Gasteiger partial charge in [0.2, 0.25) is 15.9 Å². The summed E-state index contributed by atoms with van der Waals surface area (Å²) < 4.78 is 31.7. The second-order valence-corrected chi connectivity index (χ2v) is 8.99. The molecule has 0 aromatic heterocycles. The van der Waals surface area contributed by atoms with Crippen LogP contribution in [0.4, 0.5) is 0 Å². The summed E-state index contributed by atoms with van der Waals surface area (Å²) in [5.74, 6) is 0.168. The van der Waals surface area contributed by atoms with Crippen molar-refractivity contribution < 1.29 is 23.1 Å². The highest BCUT2D eigenvalue weighted by Gasteiger charge is 2.32. The molecular formula is C19H30N2O5S. The van der Waals surface area contributed by atoms with Gasteiger partial charge in [0.05, 0.1) is 12.9 Å². The van der Waals surface area contributed by atoms with Gasteiger partial charge in [0.15, 0.2) is 11.5 Å². The average molecular weight is 399 g/mol. The van der Waals surface area contributed by atoms with Crippen LogP contribution in [0.1, 0.15) is 44.6 Å². The van der Waals surface area contributed by atoms with Crippen molar-refractivity contribution in [2.45, 2.75) is 51.5 Å². The van der Waals surface area contributed by atoms with E-state index in [0.29, 0.717) is 18.7 Å². The van der Waals surface area contributed by atoms with E-state index >= 15 is 0 Å². The maximum absolute atomic E-state index is 12.7. The molecule has 1 atom stereocenters. The molecule has 1 aliphatic rings. The number of hydrogen-bond acceptors (Lipinski definition) is 5. The summed E-state index contributed by atoms with van der Waals surface area (Å²) in [5.41, 5.74) is 0.910. The Balaban J connectivity index is 1.98. The van der Waals surface area contributed by atoms with Crippen LogP contribution in [0.25, 0.3) is 0 Å². The first-order valence-corrected chi connectivity index (χ1v) is 11.1. The number of aromatic hydroxyl groups is 1. The van der Waals surface area contributed by atoms with Crippen LogP contribution in [-0.2, 0) is 21.2 Å². The molecule has 1 aliphatic carbocycles. The summed E-state index contributed by atoms with van der Waals surface area (Å²) in [6.45, 7) is 1.94. The van der Waals surface area contributed by atoms with Crippen LogP contribution in [0.2, 0.25) is 0 Å². The van der Waals surface area contributed by atoms with E-state index in [1.165, 1.54) is 7.11 Å². The van der Waals surface area contributed by atoms with E-state index in [2.05, 4.69) is 10.0 Å². The summed E-state index contributed by atoms with van der Waals surface area (Å²) in [4.78, 5) is 12.7. The zero-order chi connectivity index (χ0) is 19.9. The van der Waals surface area contributed by atoms with Crippen molar-refractivity contribution in [1.29, 1.82) is 0 Å². The first kappa shape index (κ1) is 21.5. The van der Waals surface area contributed by atoms with Gasteiger partial charge >= 0.3 is 0 Å². The van der Waals surface area contributed by atoms with Crippen molar-refractivity contribution in [2.75, 3.05) is 19.4 Å². The number of hydrogen-bond donors (Lipinski definition) is 3. The highest BCUT2D eigenvalue weighted by molar-refractivity contribution is 7.89. The Labute approximate surface area is 161 Å². The van der Waals surface area contributed by atoms with Crippen molar-refractivity contribution in [3.8, 4) is 11.5 Å². The van der Waals surface area contributed by atoms with Gasteiger partial charge in [-0.3, -0.25) is 4.79 Å². The van der Waals surface area contributed by atoms with Gasteiger partial charge in [-0.15, -0.1) is 0 Å². The van der Waals surface area contributed by atoms with Gasteiger partial charge in [-0.25, -0.2) is 13.1 Å². The molecule has 7 nitrogen and oxygen atoms in total. The van der Waals surface area contributed by atoms with Gasteiger partial charge < -0.3 is 15.2 Å². The fourth-order valence-corrected chi connectivity index (χ4v) is 4.28. The number of rotatable bonds is 9. The lowest BCUT2D eigenvalue weighted by molar-refractivity contribution is -0.124. The lowest BCUT2D eigenvalue weighted by atomic mass is 9.84. The van der Waals surface area contributed by atoms with Crippen LogP contribution in [0.3, 0.4) is 0 Å².